The maximum Gasteiger partial charge on any atom is 0.325 e. The van der Waals surface area contributed by atoms with E-state index in [2.05, 4.69) is 0 Å². The average Bonchev–Trinajstić information content (AvgIpc) is 2.73. The molecule has 1 atom stereocenters. The molecule has 1 aliphatic heterocycles. The lowest BCUT2D eigenvalue weighted by Crippen LogP contribution is -2.50. The van der Waals surface area contributed by atoms with Crippen LogP contribution in [0.5, 0.6) is 0 Å². The van der Waals surface area contributed by atoms with Gasteiger partial charge in [-0.1, -0.05) is 0 Å². The maximum atomic E-state index is 13.1. The van der Waals surface area contributed by atoms with Gasteiger partial charge in [0.05, 0.1) is 5.56 Å². The van der Waals surface area contributed by atoms with Gasteiger partial charge in [-0.3, -0.25) is 9.59 Å². The van der Waals surface area contributed by atoms with Crippen molar-refractivity contribution in [1.82, 2.24) is 0 Å². The first kappa shape index (κ1) is 13.3. The molecule has 1 aliphatic rings. The van der Waals surface area contributed by atoms with E-state index in [1.807, 2.05) is 0 Å². The van der Waals surface area contributed by atoms with Crippen LogP contribution in [-0.2, 0) is 4.79 Å². The van der Waals surface area contributed by atoms with Crippen LogP contribution in [0.4, 0.5) is 10.1 Å². The first-order chi connectivity index (χ1) is 8.83. The first-order valence-electron chi connectivity index (χ1n) is 5.70. The molecule has 0 radical (unpaired) electrons. The zero-order valence-corrected chi connectivity index (χ0v) is 10.1. The van der Waals surface area contributed by atoms with E-state index in [4.69, 9.17) is 16.6 Å². The van der Waals surface area contributed by atoms with E-state index in [1.165, 1.54) is 12.1 Å². The Labute approximate surface area is 108 Å². The summed E-state index contributed by atoms with van der Waals surface area (Å²) in [4.78, 5) is 24.0. The van der Waals surface area contributed by atoms with Gasteiger partial charge >= 0.3 is 5.97 Å². The van der Waals surface area contributed by atoms with Gasteiger partial charge < -0.3 is 21.5 Å². The van der Waals surface area contributed by atoms with Gasteiger partial charge in [-0.25, -0.2) is 4.39 Å². The molecule has 1 heterocycles. The van der Waals surface area contributed by atoms with Crippen molar-refractivity contribution in [2.45, 2.75) is 12.0 Å². The average molecular weight is 267 g/mol. The number of aliphatic carboxylic acids is 1. The second-order valence-electron chi connectivity index (χ2n) is 4.66. The number of carboxylic acid groups (broad SMARTS) is 1. The minimum Gasteiger partial charge on any atom is -0.480 e. The highest BCUT2D eigenvalue weighted by Gasteiger charge is 2.42. The normalized spacial score (nSPS) is 22.5. The van der Waals surface area contributed by atoms with Crippen LogP contribution in [0.3, 0.4) is 0 Å². The zero-order valence-electron chi connectivity index (χ0n) is 10.1. The Morgan fingerprint density at radius 1 is 1.42 bits per heavy atom. The number of hydrogen-bond donors (Lipinski definition) is 3. The smallest absolute Gasteiger partial charge is 0.325 e. The van der Waals surface area contributed by atoms with Crippen molar-refractivity contribution in [2.75, 3.05) is 18.0 Å². The Kier molecular flexibility index (Phi) is 3.15. The Hall–Kier alpha value is -2.15. The molecule has 7 heteroatoms. The highest BCUT2D eigenvalue weighted by atomic mass is 19.1. The molecular weight excluding hydrogens is 253 g/mol. The molecule has 1 unspecified atom stereocenters. The van der Waals surface area contributed by atoms with Crippen LogP contribution in [0.15, 0.2) is 18.2 Å². The minimum atomic E-state index is -1.36. The molecule has 0 aromatic heterocycles. The summed E-state index contributed by atoms with van der Waals surface area (Å²) < 4.78 is 13.1. The van der Waals surface area contributed by atoms with Gasteiger partial charge in [-0.2, -0.15) is 0 Å². The van der Waals surface area contributed by atoms with Crippen molar-refractivity contribution >= 4 is 17.6 Å². The van der Waals surface area contributed by atoms with Crippen LogP contribution in [0.2, 0.25) is 0 Å². The van der Waals surface area contributed by atoms with Gasteiger partial charge in [-0.15, -0.1) is 0 Å². The zero-order chi connectivity index (χ0) is 14.2. The minimum absolute atomic E-state index is 0.0228. The fourth-order valence-corrected chi connectivity index (χ4v) is 2.19. The topological polar surface area (TPSA) is 110 Å². The van der Waals surface area contributed by atoms with E-state index in [0.717, 1.165) is 6.07 Å². The van der Waals surface area contributed by atoms with Crippen LogP contribution in [0.25, 0.3) is 0 Å². The number of nitrogens with zero attached hydrogens (tertiary/aromatic N) is 1. The van der Waals surface area contributed by atoms with Crippen molar-refractivity contribution in [1.29, 1.82) is 0 Å². The molecule has 1 saturated heterocycles. The molecule has 1 amide bonds. The second kappa shape index (κ2) is 4.51. The summed E-state index contributed by atoms with van der Waals surface area (Å²) in [7, 11) is 0. The largest absolute Gasteiger partial charge is 0.480 e. The van der Waals surface area contributed by atoms with E-state index in [0.29, 0.717) is 12.2 Å². The predicted molar refractivity (Wildman–Crippen MR) is 66.3 cm³/mol. The number of carbonyl (C=O) groups excluding carboxylic acids is 1. The summed E-state index contributed by atoms with van der Waals surface area (Å²) >= 11 is 0. The van der Waals surface area contributed by atoms with Gasteiger partial charge in [0.15, 0.2) is 0 Å². The number of anilines is 1. The molecule has 0 spiro atoms. The molecule has 102 valence electrons. The molecule has 2 rings (SSSR count). The standard InChI is InChI=1S/C12H14FN3O3/c13-7-1-2-9(8(5-7)10(14)17)16-4-3-12(15,6-16)11(18)19/h1-2,5H,3-4,6,15H2,(H2,14,17)(H,18,19). The highest BCUT2D eigenvalue weighted by Crippen LogP contribution is 2.28. The van der Waals surface area contributed by atoms with Gasteiger partial charge in [-0.05, 0) is 24.6 Å². The molecule has 6 nitrogen and oxygen atoms in total. The van der Waals surface area contributed by atoms with E-state index < -0.39 is 23.2 Å². The third-order valence-electron chi connectivity index (χ3n) is 3.29. The number of rotatable bonds is 3. The lowest BCUT2D eigenvalue weighted by atomic mass is 10.0. The van der Waals surface area contributed by atoms with Crippen LogP contribution >= 0.6 is 0 Å². The summed E-state index contributed by atoms with van der Waals surface area (Å²) in [6.45, 7) is 0.420. The number of amides is 1. The Morgan fingerprint density at radius 3 is 2.63 bits per heavy atom. The Balaban J connectivity index is 2.34. The number of carbonyl (C=O) groups is 2. The molecule has 5 N–H and O–H groups in total. The number of carboxylic acids is 1. The van der Waals surface area contributed by atoms with E-state index in [-0.39, 0.29) is 18.5 Å². The third kappa shape index (κ3) is 2.37. The van der Waals surface area contributed by atoms with E-state index >= 15 is 0 Å². The van der Waals surface area contributed by atoms with Crippen LogP contribution in [0.1, 0.15) is 16.8 Å². The molecule has 1 fully saturated rings. The summed E-state index contributed by atoms with van der Waals surface area (Å²) in [5.41, 5.74) is 10.0. The molecule has 19 heavy (non-hydrogen) atoms. The van der Waals surface area contributed by atoms with E-state index in [9.17, 15) is 14.0 Å². The van der Waals surface area contributed by atoms with Crippen molar-refractivity contribution in [2.24, 2.45) is 11.5 Å². The number of benzene rings is 1. The van der Waals surface area contributed by atoms with Crippen LogP contribution in [-0.4, -0.2) is 35.6 Å². The van der Waals surface area contributed by atoms with Gasteiger partial charge in [0.2, 0.25) is 0 Å². The number of primary amides is 1. The second-order valence-corrected chi connectivity index (χ2v) is 4.66. The fraction of sp³-hybridized carbons (Fsp3) is 0.333. The summed E-state index contributed by atoms with van der Waals surface area (Å²) in [6.07, 6.45) is 0.248. The summed E-state index contributed by atoms with van der Waals surface area (Å²) in [6, 6.07) is 3.64. The fourth-order valence-electron chi connectivity index (χ4n) is 2.19. The monoisotopic (exact) mass is 267 g/mol. The quantitative estimate of drug-likeness (QED) is 0.709. The van der Waals surface area contributed by atoms with Crippen molar-refractivity contribution < 1.29 is 19.1 Å². The lowest BCUT2D eigenvalue weighted by Gasteiger charge is -2.23. The van der Waals surface area contributed by atoms with Gasteiger partial charge in [0.25, 0.3) is 5.91 Å². The van der Waals surface area contributed by atoms with Gasteiger partial charge in [0, 0.05) is 18.8 Å². The van der Waals surface area contributed by atoms with Gasteiger partial charge in [0.1, 0.15) is 11.4 Å². The first-order valence-corrected chi connectivity index (χ1v) is 5.70. The molecular formula is C12H14FN3O3. The summed E-state index contributed by atoms with van der Waals surface area (Å²) in [5.74, 6) is -2.44. The number of hydrogen-bond acceptors (Lipinski definition) is 4. The molecule has 1 aromatic rings. The summed E-state index contributed by atoms with van der Waals surface area (Å²) in [5, 5.41) is 9.06. The lowest BCUT2D eigenvalue weighted by molar-refractivity contribution is -0.142. The van der Waals surface area contributed by atoms with E-state index in [1.54, 1.807) is 4.90 Å². The maximum absolute atomic E-state index is 13.1. The number of halogens is 1. The molecule has 0 saturated carbocycles. The van der Waals surface area contributed by atoms with Crippen molar-refractivity contribution in [3.05, 3.63) is 29.6 Å². The predicted octanol–water partition coefficient (Wildman–Crippen LogP) is -0.0832. The molecule has 0 aliphatic carbocycles. The Morgan fingerprint density at radius 2 is 2.11 bits per heavy atom. The van der Waals surface area contributed by atoms with Crippen LogP contribution in [0, 0.1) is 5.82 Å². The molecule has 0 bridgehead atoms. The van der Waals surface area contributed by atoms with Crippen molar-refractivity contribution in [3.8, 4) is 0 Å². The highest BCUT2D eigenvalue weighted by molar-refractivity contribution is 5.99. The van der Waals surface area contributed by atoms with Crippen LogP contribution < -0.4 is 16.4 Å². The number of nitrogens with two attached hydrogens (primary N) is 2. The van der Waals surface area contributed by atoms with Crippen molar-refractivity contribution in [3.63, 3.8) is 0 Å². The molecule has 1 aromatic carbocycles. The Bertz CT molecular complexity index is 549. The SMILES string of the molecule is NC(=O)c1cc(F)ccc1N1CCC(N)(C(=O)O)C1. The third-order valence-corrected chi connectivity index (χ3v) is 3.29.